The van der Waals surface area contributed by atoms with Crippen LogP contribution in [0.15, 0.2) is 12.3 Å². The van der Waals surface area contributed by atoms with Gasteiger partial charge in [-0.25, -0.2) is 9.37 Å². The molecule has 16 heavy (non-hydrogen) atoms. The van der Waals surface area contributed by atoms with Gasteiger partial charge in [-0.15, -0.1) is 0 Å². The lowest BCUT2D eigenvalue weighted by Crippen LogP contribution is -2.11. The fraction of sp³-hybridized carbons (Fsp3) is 0.545. The smallest absolute Gasteiger partial charge is 0.166 e. The second-order valence-electron chi connectivity index (χ2n) is 3.38. The molecule has 0 atom stereocenters. The molecule has 0 spiro atoms. The van der Waals surface area contributed by atoms with E-state index in [0.29, 0.717) is 18.2 Å². The Hall–Kier alpha value is -0.870. The third kappa shape index (κ3) is 4.77. The molecule has 0 saturated carbocycles. The number of nitrogens with one attached hydrogen (secondary N) is 1. The molecule has 3 nitrogen and oxygen atoms in total. The Kier molecular flexibility index (Phi) is 6.11. The molecule has 90 valence electrons. The first kappa shape index (κ1) is 13.2. The molecule has 0 aromatic carbocycles. The van der Waals surface area contributed by atoms with Crippen molar-refractivity contribution < 1.29 is 9.13 Å². The summed E-state index contributed by atoms with van der Waals surface area (Å²) in [6.07, 6.45) is 3.57. The maximum atomic E-state index is 13.2. The maximum Gasteiger partial charge on any atom is 0.166 e. The Morgan fingerprint density at radius 3 is 3.00 bits per heavy atom. The topological polar surface area (TPSA) is 34.1 Å². The highest BCUT2D eigenvalue weighted by Gasteiger charge is 2.02. The summed E-state index contributed by atoms with van der Waals surface area (Å²) in [6.45, 7) is 3.93. The van der Waals surface area contributed by atoms with E-state index >= 15 is 0 Å². The Labute approximate surface area is 100.0 Å². The van der Waals surface area contributed by atoms with Gasteiger partial charge in [0.1, 0.15) is 0 Å². The Balaban J connectivity index is 2.21. The molecule has 0 aliphatic rings. The van der Waals surface area contributed by atoms with Crippen LogP contribution in [0.3, 0.4) is 0 Å². The predicted molar refractivity (Wildman–Crippen MR) is 63.4 cm³/mol. The Morgan fingerprint density at radius 1 is 1.50 bits per heavy atom. The number of pyridine rings is 1. The molecule has 1 N–H and O–H groups in total. The van der Waals surface area contributed by atoms with E-state index in [4.69, 9.17) is 16.3 Å². The summed E-state index contributed by atoms with van der Waals surface area (Å²) in [6, 6.07) is 1.23. The van der Waals surface area contributed by atoms with Crippen LogP contribution in [0.4, 0.5) is 10.2 Å². The van der Waals surface area contributed by atoms with Crippen molar-refractivity contribution in [3.8, 4) is 0 Å². The third-order valence-corrected chi connectivity index (χ3v) is 2.20. The molecule has 0 saturated heterocycles. The quantitative estimate of drug-likeness (QED) is 0.751. The predicted octanol–water partition coefficient (Wildman–Crippen LogP) is 3.10. The molecule has 5 heteroatoms. The van der Waals surface area contributed by atoms with Gasteiger partial charge in [0.25, 0.3) is 0 Å². The van der Waals surface area contributed by atoms with Gasteiger partial charge < -0.3 is 10.1 Å². The summed E-state index contributed by atoms with van der Waals surface area (Å²) in [5, 5.41) is 3.14. The van der Waals surface area contributed by atoms with Gasteiger partial charge in [0, 0.05) is 19.3 Å². The van der Waals surface area contributed by atoms with Crippen LogP contribution in [0.25, 0.3) is 0 Å². The number of anilines is 1. The van der Waals surface area contributed by atoms with Crippen molar-refractivity contribution in [3.63, 3.8) is 0 Å². The normalized spacial score (nSPS) is 10.4. The van der Waals surface area contributed by atoms with Crippen LogP contribution >= 0.6 is 11.6 Å². The van der Waals surface area contributed by atoms with Crippen LogP contribution in [0.1, 0.15) is 19.8 Å². The molecular formula is C11H16ClFN2O. The summed E-state index contributed by atoms with van der Waals surface area (Å²) in [7, 11) is 0. The number of hydrogen-bond acceptors (Lipinski definition) is 3. The van der Waals surface area contributed by atoms with Crippen molar-refractivity contribution in [2.24, 2.45) is 0 Å². The minimum Gasteiger partial charge on any atom is -0.380 e. The van der Waals surface area contributed by atoms with Crippen molar-refractivity contribution in [1.82, 2.24) is 4.98 Å². The highest BCUT2D eigenvalue weighted by Crippen LogP contribution is 2.14. The molecule has 1 aromatic heterocycles. The van der Waals surface area contributed by atoms with Crippen LogP contribution in [0.5, 0.6) is 0 Å². The first-order valence-corrected chi connectivity index (χ1v) is 5.74. The van der Waals surface area contributed by atoms with Crippen LogP contribution in [-0.2, 0) is 4.74 Å². The molecule has 1 rings (SSSR count). The highest BCUT2D eigenvalue weighted by atomic mass is 35.5. The van der Waals surface area contributed by atoms with Gasteiger partial charge in [-0.2, -0.15) is 0 Å². The van der Waals surface area contributed by atoms with Gasteiger partial charge in [-0.05, 0) is 12.5 Å². The van der Waals surface area contributed by atoms with Crippen molar-refractivity contribution in [1.29, 1.82) is 0 Å². The number of halogens is 2. The monoisotopic (exact) mass is 246 g/mol. The first-order valence-electron chi connectivity index (χ1n) is 5.36. The molecule has 0 aliphatic heterocycles. The summed E-state index contributed by atoms with van der Waals surface area (Å²) in [5.74, 6) is -0.232. The summed E-state index contributed by atoms with van der Waals surface area (Å²) in [4.78, 5) is 3.84. The van der Waals surface area contributed by atoms with Crippen LogP contribution in [-0.4, -0.2) is 24.7 Å². The average molecular weight is 247 g/mol. The minimum atomic E-state index is -0.443. The van der Waals surface area contributed by atoms with Crippen molar-refractivity contribution in [2.45, 2.75) is 19.8 Å². The zero-order valence-corrected chi connectivity index (χ0v) is 10.1. The van der Waals surface area contributed by atoms with E-state index < -0.39 is 5.82 Å². The van der Waals surface area contributed by atoms with E-state index in [9.17, 15) is 4.39 Å². The Morgan fingerprint density at radius 2 is 2.31 bits per heavy atom. The van der Waals surface area contributed by atoms with Gasteiger partial charge in [-0.1, -0.05) is 24.9 Å². The number of nitrogens with zero attached hydrogens (tertiary/aromatic N) is 1. The standard InChI is InChI=1S/C11H16ClFN2O/c1-2-3-5-16-6-4-14-11-10(13)7-9(12)8-15-11/h7-8H,2-6H2,1H3,(H,14,15). The van der Waals surface area contributed by atoms with Crippen molar-refractivity contribution in [3.05, 3.63) is 23.1 Å². The van der Waals surface area contributed by atoms with Gasteiger partial charge >= 0.3 is 0 Å². The molecule has 1 aromatic rings. The van der Waals surface area contributed by atoms with Crippen LogP contribution in [0, 0.1) is 5.82 Å². The summed E-state index contributed by atoms with van der Waals surface area (Å²) < 4.78 is 18.6. The van der Waals surface area contributed by atoms with Gasteiger partial charge in [0.05, 0.1) is 11.6 Å². The lowest BCUT2D eigenvalue weighted by molar-refractivity contribution is 0.141. The summed E-state index contributed by atoms with van der Waals surface area (Å²) >= 11 is 5.58. The second kappa shape index (κ2) is 7.41. The van der Waals surface area contributed by atoms with Crippen molar-refractivity contribution in [2.75, 3.05) is 25.1 Å². The molecule has 0 bridgehead atoms. The molecular weight excluding hydrogens is 231 g/mol. The van der Waals surface area contributed by atoms with E-state index in [1.165, 1.54) is 12.3 Å². The zero-order chi connectivity index (χ0) is 11.8. The molecule has 0 aliphatic carbocycles. The molecule has 0 fully saturated rings. The van der Waals surface area contributed by atoms with Crippen LogP contribution < -0.4 is 5.32 Å². The molecule has 0 amide bonds. The maximum absolute atomic E-state index is 13.2. The minimum absolute atomic E-state index is 0.212. The van der Waals surface area contributed by atoms with Crippen molar-refractivity contribution >= 4 is 17.4 Å². The van der Waals surface area contributed by atoms with Gasteiger partial charge in [0.15, 0.2) is 11.6 Å². The highest BCUT2D eigenvalue weighted by molar-refractivity contribution is 6.30. The lowest BCUT2D eigenvalue weighted by atomic mass is 10.4. The average Bonchev–Trinajstić information content (AvgIpc) is 2.26. The molecule has 1 heterocycles. The van der Waals surface area contributed by atoms with Gasteiger partial charge in [-0.3, -0.25) is 0 Å². The van der Waals surface area contributed by atoms with E-state index in [1.54, 1.807) is 0 Å². The van der Waals surface area contributed by atoms with E-state index in [0.717, 1.165) is 19.4 Å². The summed E-state index contributed by atoms with van der Waals surface area (Å²) in [5.41, 5.74) is 0. The first-order chi connectivity index (χ1) is 7.74. The molecule has 0 unspecified atom stereocenters. The van der Waals surface area contributed by atoms with E-state index in [-0.39, 0.29) is 5.82 Å². The van der Waals surface area contributed by atoms with E-state index in [1.807, 2.05) is 0 Å². The third-order valence-electron chi connectivity index (χ3n) is 1.99. The molecule has 0 radical (unpaired) electrons. The number of unbranched alkanes of at least 4 members (excludes halogenated alkanes) is 1. The zero-order valence-electron chi connectivity index (χ0n) is 9.30. The second-order valence-corrected chi connectivity index (χ2v) is 3.81. The fourth-order valence-corrected chi connectivity index (χ4v) is 1.28. The van der Waals surface area contributed by atoms with Gasteiger partial charge in [0.2, 0.25) is 0 Å². The van der Waals surface area contributed by atoms with Crippen LogP contribution in [0.2, 0.25) is 5.02 Å². The van der Waals surface area contributed by atoms with E-state index in [2.05, 4.69) is 17.2 Å². The largest absolute Gasteiger partial charge is 0.380 e. The number of hydrogen-bond donors (Lipinski definition) is 1. The number of aromatic nitrogens is 1. The Bertz CT molecular complexity index is 323. The lowest BCUT2D eigenvalue weighted by Gasteiger charge is -2.07. The number of rotatable bonds is 7. The SMILES string of the molecule is CCCCOCCNc1ncc(Cl)cc1F. The fourth-order valence-electron chi connectivity index (χ4n) is 1.13. The number of ether oxygens (including phenoxy) is 1.